The van der Waals surface area contributed by atoms with Crippen LogP contribution in [0.1, 0.15) is 5.56 Å². The van der Waals surface area contributed by atoms with Gasteiger partial charge in [0.1, 0.15) is 5.75 Å². The summed E-state index contributed by atoms with van der Waals surface area (Å²) in [5, 5.41) is 9.62. The first-order valence-corrected chi connectivity index (χ1v) is 3.85. The second kappa shape index (κ2) is 2.45. The molecular weight excluding hydrogens is 180 g/mol. The Hall–Kier alpha value is -1.09. The van der Waals surface area contributed by atoms with Crippen molar-refractivity contribution in [3.63, 3.8) is 0 Å². The Labute approximate surface area is 74.5 Å². The molecule has 12 heavy (non-hydrogen) atoms. The number of halogens is 1. The predicted molar refractivity (Wildman–Crippen MR) is 44.0 cm³/mol. The van der Waals surface area contributed by atoms with Crippen molar-refractivity contribution in [1.82, 2.24) is 0 Å². The van der Waals surface area contributed by atoms with Gasteiger partial charge in [0, 0.05) is 11.6 Å². The third kappa shape index (κ3) is 0.898. The summed E-state index contributed by atoms with van der Waals surface area (Å²) in [4.78, 5) is 0. The lowest BCUT2D eigenvalue weighted by molar-refractivity contribution is 0.173. The van der Waals surface area contributed by atoms with Crippen LogP contribution in [-0.2, 0) is 0 Å². The molecule has 64 valence electrons. The highest BCUT2D eigenvalue weighted by atomic mass is 35.5. The molecule has 1 heterocycles. The number of rotatable bonds is 0. The van der Waals surface area contributed by atoms with Gasteiger partial charge in [-0.25, -0.2) is 0 Å². The monoisotopic (exact) mass is 186 g/mol. The second-order valence-corrected chi connectivity index (χ2v) is 2.95. The Balaban J connectivity index is 2.67. The molecule has 1 aliphatic heterocycles. The maximum absolute atomic E-state index is 9.30. The van der Waals surface area contributed by atoms with Crippen LogP contribution in [0.4, 0.5) is 0 Å². The zero-order valence-electron chi connectivity index (χ0n) is 6.43. The third-order valence-corrected chi connectivity index (χ3v) is 2.28. The van der Waals surface area contributed by atoms with Gasteiger partial charge in [-0.2, -0.15) is 0 Å². The highest BCUT2D eigenvalue weighted by molar-refractivity contribution is 6.33. The average molecular weight is 187 g/mol. The van der Waals surface area contributed by atoms with E-state index in [0.717, 1.165) is 0 Å². The van der Waals surface area contributed by atoms with Crippen LogP contribution >= 0.6 is 11.6 Å². The lowest BCUT2D eigenvalue weighted by Crippen LogP contribution is -1.93. The molecule has 0 radical (unpaired) electrons. The maximum atomic E-state index is 9.30. The van der Waals surface area contributed by atoms with Crippen molar-refractivity contribution < 1.29 is 14.6 Å². The number of phenolic OH excluding ortho intramolecular Hbond substituents is 1. The third-order valence-electron chi connectivity index (χ3n) is 1.80. The van der Waals surface area contributed by atoms with E-state index < -0.39 is 0 Å². The Kier molecular flexibility index (Phi) is 1.54. The first-order chi connectivity index (χ1) is 5.70. The van der Waals surface area contributed by atoms with Gasteiger partial charge in [0.15, 0.2) is 11.5 Å². The molecule has 1 aromatic carbocycles. The first-order valence-electron chi connectivity index (χ1n) is 3.48. The van der Waals surface area contributed by atoms with E-state index in [9.17, 15) is 5.11 Å². The standard InChI is InChI=1S/C8H7ClO3/c1-4-7(9)5(10)2-6-8(4)12-3-11-6/h2,10H,3H2,1H3. The fraction of sp³-hybridized carbons (Fsp3) is 0.250. The van der Waals surface area contributed by atoms with Crippen molar-refractivity contribution in [2.45, 2.75) is 6.92 Å². The van der Waals surface area contributed by atoms with Crippen LogP contribution in [0.2, 0.25) is 5.02 Å². The van der Waals surface area contributed by atoms with Gasteiger partial charge in [-0.05, 0) is 6.92 Å². The van der Waals surface area contributed by atoms with E-state index in [-0.39, 0.29) is 12.5 Å². The average Bonchev–Trinajstić information content (AvgIpc) is 2.48. The van der Waals surface area contributed by atoms with Gasteiger partial charge in [-0.15, -0.1) is 0 Å². The van der Waals surface area contributed by atoms with Crippen LogP contribution in [0.5, 0.6) is 17.2 Å². The van der Waals surface area contributed by atoms with Gasteiger partial charge in [0.05, 0.1) is 5.02 Å². The fourth-order valence-corrected chi connectivity index (χ4v) is 1.31. The molecule has 0 fully saturated rings. The molecule has 0 atom stereocenters. The van der Waals surface area contributed by atoms with Crippen LogP contribution in [0, 0.1) is 6.92 Å². The summed E-state index contributed by atoms with van der Waals surface area (Å²) < 4.78 is 10.2. The minimum absolute atomic E-state index is 0.0263. The van der Waals surface area contributed by atoms with E-state index in [4.69, 9.17) is 21.1 Å². The van der Waals surface area contributed by atoms with Gasteiger partial charge in [0.2, 0.25) is 6.79 Å². The Morgan fingerprint density at radius 1 is 1.50 bits per heavy atom. The van der Waals surface area contributed by atoms with E-state index in [1.807, 2.05) is 0 Å². The molecule has 1 N–H and O–H groups in total. The van der Waals surface area contributed by atoms with Gasteiger partial charge in [-0.3, -0.25) is 0 Å². The van der Waals surface area contributed by atoms with Gasteiger partial charge in [-0.1, -0.05) is 11.6 Å². The molecule has 2 rings (SSSR count). The van der Waals surface area contributed by atoms with Crippen molar-refractivity contribution in [3.05, 3.63) is 16.7 Å². The van der Waals surface area contributed by atoms with Gasteiger partial charge < -0.3 is 14.6 Å². The molecule has 0 aromatic heterocycles. The fourth-order valence-electron chi connectivity index (χ4n) is 1.17. The minimum Gasteiger partial charge on any atom is -0.506 e. The van der Waals surface area contributed by atoms with Crippen molar-refractivity contribution in [1.29, 1.82) is 0 Å². The van der Waals surface area contributed by atoms with Gasteiger partial charge in [0.25, 0.3) is 0 Å². The lowest BCUT2D eigenvalue weighted by Gasteiger charge is -2.04. The number of benzene rings is 1. The molecule has 0 spiro atoms. The molecule has 1 aliphatic rings. The molecule has 3 nitrogen and oxygen atoms in total. The quantitative estimate of drug-likeness (QED) is 0.674. The van der Waals surface area contributed by atoms with Crippen LogP contribution in [-0.4, -0.2) is 11.9 Å². The van der Waals surface area contributed by atoms with Crippen molar-refractivity contribution in [3.8, 4) is 17.2 Å². The summed E-state index contributed by atoms with van der Waals surface area (Å²) >= 11 is 5.78. The number of hydrogen-bond donors (Lipinski definition) is 1. The first kappa shape index (κ1) is 7.55. The van der Waals surface area contributed by atoms with E-state index in [1.54, 1.807) is 6.92 Å². The summed E-state index contributed by atoms with van der Waals surface area (Å²) in [7, 11) is 0. The van der Waals surface area contributed by atoms with Crippen LogP contribution in [0.15, 0.2) is 6.07 Å². The van der Waals surface area contributed by atoms with Crippen LogP contribution in [0.3, 0.4) is 0 Å². The summed E-state index contributed by atoms with van der Waals surface area (Å²) in [5.41, 5.74) is 0.712. The number of hydrogen-bond acceptors (Lipinski definition) is 3. The molecule has 0 bridgehead atoms. The molecule has 0 saturated heterocycles. The van der Waals surface area contributed by atoms with Crippen molar-refractivity contribution in [2.75, 3.05) is 6.79 Å². The molecule has 0 amide bonds. The summed E-state index contributed by atoms with van der Waals surface area (Å²) in [6, 6.07) is 1.46. The summed E-state index contributed by atoms with van der Waals surface area (Å²) in [6.07, 6.45) is 0. The lowest BCUT2D eigenvalue weighted by atomic mass is 10.2. The maximum Gasteiger partial charge on any atom is 0.231 e. The molecular formula is C8H7ClO3. The van der Waals surface area contributed by atoms with E-state index in [0.29, 0.717) is 22.1 Å². The molecule has 0 saturated carbocycles. The van der Waals surface area contributed by atoms with Crippen molar-refractivity contribution >= 4 is 11.6 Å². The molecule has 0 unspecified atom stereocenters. The van der Waals surface area contributed by atoms with E-state index >= 15 is 0 Å². The highest BCUT2D eigenvalue weighted by Gasteiger charge is 2.20. The number of fused-ring (bicyclic) bond motifs is 1. The van der Waals surface area contributed by atoms with Crippen molar-refractivity contribution in [2.24, 2.45) is 0 Å². The second-order valence-electron chi connectivity index (χ2n) is 2.57. The Bertz CT molecular complexity index is 336. The zero-order chi connectivity index (χ0) is 8.72. The number of aromatic hydroxyl groups is 1. The normalized spacial score (nSPS) is 13.5. The van der Waals surface area contributed by atoms with Gasteiger partial charge >= 0.3 is 0 Å². The summed E-state index contributed by atoms with van der Waals surface area (Å²) in [5.74, 6) is 1.20. The topological polar surface area (TPSA) is 38.7 Å². The highest BCUT2D eigenvalue weighted by Crippen LogP contribution is 2.43. The largest absolute Gasteiger partial charge is 0.506 e. The molecule has 0 aliphatic carbocycles. The SMILES string of the molecule is Cc1c(Cl)c(O)cc2c1OCO2. The predicted octanol–water partition coefficient (Wildman–Crippen LogP) is 2.08. The van der Waals surface area contributed by atoms with Crippen LogP contribution in [0.25, 0.3) is 0 Å². The summed E-state index contributed by atoms with van der Waals surface area (Å²) in [6.45, 7) is 1.96. The number of phenols is 1. The number of ether oxygens (including phenoxy) is 2. The molecule has 1 aromatic rings. The Morgan fingerprint density at radius 3 is 3.00 bits per heavy atom. The molecule has 4 heteroatoms. The Morgan fingerprint density at radius 2 is 2.25 bits per heavy atom. The minimum atomic E-state index is 0.0263. The smallest absolute Gasteiger partial charge is 0.231 e. The van der Waals surface area contributed by atoms with Crippen LogP contribution < -0.4 is 9.47 Å². The van der Waals surface area contributed by atoms with E-state index in [1.165, 1.54) is 6.07 Å². The van der Waals surface area contributed by atoms with E-state index in [2.05, 4.69) is 0 Å². The zero-order valence-corrected chi connectivity index (χ0v) is 7.18.